The largest absolute Gasteiger partial charge is 0.383 e. The fraction of sp³-hybridized carbons (Fsp3) is 0.500. The lowest BCUT2D eigenvalue weighted by molar-refractivity contribution is 0.586. The molecule has 2 N–H and O–H groups in total. The van der Waals surface area contributed by atoms with Crippen molar-refractivity contribution < 1.29 is 0 Å². The van der Waals surface area contributed by atoms with Crippen LogP contribution in [0.4, 0.5) is 5.82 Å². The van der Waals surface area contributed by atoms with E-state index in [9.17, 15) is 0 Å². The van der Waals surface area contributed by atoms with E-state index < -0.39 is 0 Å². The standard InChI is InChI=1S/C14H18N4S/c1-14(2,3)13-17-10(7-19-13)12-16-9-6-4-5-8(9)11(15)18-12/h7H,4-6H2,1-3H3,(H2,15,16,18). The average molecular weight is 274 g/mol. The lowest BCUT2D eigenvalue weighted by Gasteiger charge is -2.13. The van der Waals surface area contributed by atoms with E-state index in [2.05, 4.69) is 35.7 Å². The number of fused-ring (bicyclic) bond motifs is 1. The molecule has 0 amide bonds. The predicted octanol–water partition coefficient (Wildman–Crippen LogP) is 2.97. The van der Waals surface area contributed by atoms with Crippen molar-refractivity contribution in [2.45, 2.75) is 45.4 Å². The lowest BCUT2D eigenvalue weighted by Crippen LogP contribution is -2.10. The first-order valence-corrected chi connectivity index (χ1v) is 7.45. The third kappa shape index (κ3) is 2.23. The Morgan fingerprint density at radius 1 is 1.16 bits per heavy atom. The Bertz CT molecular complexity index is 625. The normalized spacial score (nSPS) is 14.7. The molecule has 1 aliphatic rings. The second kappa shape index (κ2) is 4.27. The molecule has 0 atom stereocenters. The molecule has 1 aliphatic carbocycles. The van der Waals surface area contributed by atoms with Crippen molar-refractivity contribution in [2.75, 3.05) is 5.73 Å². The van der Waals surface area contributed by atoms with Crippen molar-refractivity contribution in [1.29, 1.82) is 0 Å². The molecule has 4 nitrogen and oxygen atoms in total. The number of hydrogen-bond acceptors (Lipinski definition) is 5. The van der Waals surface area contributed by atoms with E-state index >= 15 is 0 Å². The molecule has 2 aromatic heterocycles. The summed E-state index contributed by atoms with van der Waals surface area (Å²) < 4.78 is 0. The van der Waals surface area contributed by atoms with E-state index in [1.54, 1.807) is 11.3 Å². The van der Waals surface area contributed by atoms with Crippen LogP contribution in [0, 0.1) is 0 Å². The Morgan fingerprint density at radius 3 is 2.63 bits per heavy atom. The average Bonchev–Trinajstić information content (AvgIpc) is 2.96. The smallest absolute Gasteiger partial charge is 0.181 e. The summed E-state index contributed by atoms with van der Waals surface area (Å²) in [4.78, 5) is 13.7. The number of aromatic nitrogens is 3. The second-order valence-corrected chi connectivity index (χ2v) is 6.86. The monoisotopic (exact) mass is 274 g/mol. The Labute approximate surface area is 117 Å². The van der Waals surface area contributed by atoms with Crippen molar-refractivity contribution >= 4 is 17.2 Å². The number of anilines is 1. The van der Waals surface area contributed by atoms with Gasteiger partial charge in [0.15, 0.2) is 5.82 Å². The second-order valence-electron chi connectivity index (χ2n) is 6.00. The summed E-state index contributed by atoms with van der Waals surface area (Å²) in [6.45, 7) is 6.48. The minimum atomic E-state index is 0.0607. The van der Waals surface area contributed by atoms with Crippen LogP contribution in [0.25, 0.3) is 11.5 Å². The highest BCUT2D eigenvalue weighted by Gasteiger charge is 2.22. The van der Waals surface area contributed by atoms with E-state index in [1.165, 1.54) is 0 Å². The summed E-state index contributed by atoms with van der Waals surface area (Å²) in [6, 6.07) is 0. The molecular formula is C14H18N4S. The zero-order chi connectivity index (χ0) is 13.6. The fourth-order valence-corrected chi connectivity index (χ4v) is 3.18. The first-order valence-electron chi connectivity index (χ1n) is 6.57. The zero-order valence-electron chi connectivity index (χ0n) is 11.5. The van der Waals surface area contributed by atoms with Crippen molar-refractivity contribution in [1.82, 2.24) is 15.0 Å². The van der Waals surface area contributed by atoms with Gasteiger partial charge in [0, 0.05) is 22.1 Å². The number of nitrogens with zero attached hydrogens (tertiary/aromatic N) is 3. The lowest BCUT2D eigenvalue weighted by atomic mass is 9.98. The number of aryl methyl sites for hydroxylation is 1. The van der Waals surface area contributed by atoms with Gasteiger partial charge in [-0.3, -0.25) is 0 Å². The molecule has 0 radical (unpaired) electrons. The summed E-state index contributed by atoms with van der Waals surface area (Å²) in [5.74, 6) is 1.30. The molecule has 2 heterocycles. The van der Waals surface area contributed by atoms with Crippen LogP contribution in [0.3, 0.4) is 0 Å². The van der Waals surface area contributed by atoms with Crippen LogP contribution in [0.15, 0.2) is 5.38 Å². The molecular weight excluding hydrogens is 256 g/mol. The quantitative estimate of drug-likeness (QED) is 0.868. The van der Waals surface area contributed by atoms with E-state index in [-0.39, 0.29) is 5.41 Å². The minimum Gasteiger partial charge on any atom is -0.383 e. The zero-order valence-corrected chi connectivity index (χ0v) is 12.3. The number of rotatable bonds is 1. The van der Waals surface area contributed by atoms with Gasteiger partial charge in [0.05, 0.1) is 5.01 Å². The van der Waals surface area contributed by atoms with E-state index in [4.69, 9.17) is 5.73 Å². The van der Waals surface area contributed by atoms with Gasteiger partial charge in [-0.25, -0.2) is 15.0 Å². The Hall–Kier alpha value is -1.49. The molecule has 0 aromatic carbocycles. The fourth-order valence-electron chi connectivity index (χ4n) is 2.30. The summed E-state index contributed by atoms with van der Waals surface area (Å²) in [7, 11) is 0. The van der Waals surface area contributed by atoms with Crippen LogP contribution >= 0.6 is 11.3 Å². The molecule has 3 rings (SSSR count). The molecule has 0 spiro atoms. The number of nitrogens with two attached hydrogens (primary N) is 1. The molecule has 2 aromatic rings. The maximum Gasteiger partial charge on any atom is 0.181 e. The highest BCUT2D eigenvalue weighted by atomic mass is 32.1. The van der Waals surface area contributed by atoms with Crippen molar-refractivity contribution in [3.8, 4) is 11.5 Å². The van der Waals surface area contributed by atoms with Crippen molar-refractivity contribution in [3.05, 3.63) is 21.6 Å². The van der Waals surface area contributed by atoms with Crippen LogP contribution in [-0.2, 0) is 18.3 Å². The molecule has 0 aliphatic heterocycles. The van der Waals surface area contributed by atoms with Gasteiger partial charge in [0.1, 0.15) is 11.5 Å². The summed E-state index contributed by atoms with van der Waals surface area (Å²) in [6.07, 6.45) is 3.14. The van der Waals surface area contributed by atoms with E-state index in [0.29, 0.717) is 11.6 Å². The van der Waals surface area contributed by atoms with Crippen LogP contribution in [0.1, 0.15) is 43.5 Å². The summed E-state index contributed by atoms with van der Waals surface area (Å²) in [5, 5.41) is 3.13. The van der Waals surface area contributed by atoms with Gasteiger partial charge in [0.2, 0.25) is 0 Å². The molecule has 0 unspecified atom stereocenters. The molecule has 19 heavy (non-hydrogen) atoms. The number of hydrogen-bond donors (Lipinski definition) is 1. The number of nitrogen functional groups attached to an aromatic ring is 1. The number of thiazole rings is 1. The summed E-state index contributed by atoms with van der Waals surface area (Å²) in [5.41, 5.74) is 9.17. The van der Waals surface area contributed by atoms with Gasteiger partial charge in [-0.2, -0.15) is 0 Å². The Balaban J connectivity index is 2.03. The first kappa shape index (κ1) is 12.5. The maximum atomic E-state index is 6.03. The predicted molar refractivity (Wildman–Crippen MR) is 78.3 cm³/mol. The van der Waals surface area contributed by atoms with Gasteiger partial charge in [-0.05, 0) is 19.3 Å². The van der Waals surface area contributed by atoms with Gasteiger partial charge in [-0.15, -0.1) is 11.3 Å². The molecule has 0 saturated carbocycles. The highest BCUT2D eigenvalue weighted by Crippen LogP contribution is 2.31. The molecule has 0 bridgehead atoms. The first-order chi connectivity index (χ1) is 8.95. The molecule has 0 saturated heterocycles. The molecule has 0 fully saturated rings. The van der Waals surface area contributed by atoms with Crippen LogP contribution in [0.2, 0.25) is 0 Å². The Kier molecular flexibility index (Phi) is 2.82. The van der Waals surface area contributed by atoms with Gasteiger partial charge in [0.25, 0.3) is 0 Å². The topological polar surface area (TPSA) is 64.7 Å². The molecule has 5 heteroatoms. The maximum absolute atomic E-state index is 6.03. The van der Waals surface area contributed by atoms with Gasteiger partial charge in [-0.1, -0.05) is 20.8 Å². The van der Waals surface area contributed by atoms with Crippen molar-refractivity contribution in [3.63, 3.8) is 0 Å². The van der Waals surface area contributed by atoms with Gasteiger partial charge >= 0.3 is 0 Å². The minimum absolute atomic E-state index is 0.0607. The Morgan fingerprint density at radius 2 is 1.95 bits per heavy atom. The van der Waals surface area contributed by atoms with Gasteiger partial charge < -0.3 is 5.73 Å². The SMILES string of the molecule is CC(C)(C)c1nc(-c2nc(N)c3c(n2)CCC3)cs1. The van der Waals surface area contributed by atoms with Crippen molar-refractivity contribution in [2.24, 2.45) is 0 Å². The molecule has 100 valence electrons. The van der Waals surface area contributed by atoms with E-state index in [1.807, 2.05) is 5.38 Å². The summed E-state index contributed by atoms with van der Waals surface area (Å²) >= 11 is 1.66. The van der Waals surface area contributed by atoms with Crippen LogP contribution in [-0.4, -0.2) is 15.0 Å². The van der Waals surface area contributed by atoms with E-state index in [0.717, 1.165) is 41.2 Å². The third-order valence-electron chi connectivity index (χ3n) is 3.34. The van der Waals surface area contributed by atoms with Crippen LogP contribution < -0.4 is 5.73 Å². The van der Waals surface area contributed by atoms with Crippen LogP contribution in [0.5, 0.6) is 0 Å². The highest BCUT2D eigenvalue weighted by molar-refractivity contribution is 7.10. The third-order valence-corrected chi connectivity index (χ3v) is 4.61.